The second kappa shape index (κ2) is 8.71. The predicted octanol–water partition coefficient (Wildman–Crippen LogP) is 3.19. The van der Waals surface area contributed by atoms with Crippen LogP contribution in [0.1, 0.15) is 24.8 Å². The van der Waals surface area contributed by atoms with E-state index in [1.165, 1.54) is 0 Å². The van der Waals surface area contributed by atoms with Crippen LogP contribution in [-0.4, -0.2) is 46.2 Å². The highest BCUT2D eigenvalue weighted by Crippen LogP contribution is 2.33. The van der Waals surface area contributed by atoms with E-state index in [1.54, 1.807) is 41.6 Å². The van der Waals surface area contributed by atoms with Crippen LogP contribution in [0.2, 0.25) is 5.02 Å². The van der Waals surface area contributed by atoms with E-state index in [0.717, 1.165) is 18.4 Å². The summed E-state index contributed by atoms with van der Waals surface area (Å²) in [7, 11) is 0. The Bertz CT molecular complexity index is 951. The number of hydrogen-bond acceptors (Lipinski definition) is 5. The number of piperidine rings is 1. The third kappa shape index (κ3) is 4.71. The fourth-order valence-electron chi connectivity index (χ4n) is 3.65. The number of halogens is 1. The zero-order valence-corrected chi connectivity index (χ0v) is 17.1. The molecule has 0 unspecified atom stereocenters. The summed E-state index contributed by atoms with van der Waals surface area (Å²) in [4.78, 5) is 36.5. The van der Waals surface area contributed by atoms with Crippen LogP contribution in [0.15, 0.2) is 53.9 Å². The Kier molecular flexibility index (Phi) is 5.85. The topological polar surface area (TPSA) is 95.9 Å². The number of carbonyl (C=O) groups is 2. The zero-order valence-electron chi connectivity index (χ0n) is 16.3. The molecule has 1 fully saturated rings. The van der Waals surface area contributed by atoms with Gasteiger partial charge in [-0.25, -0.2) is 4.79 Å². The number of benzene rings is 1. The van der Waals surface area contributed by atoms with Gasteiger partial charge in [0.25, 0.3) is 5.91 Å². The third-order valence-corrected chi connectivity index (χ3v) is 5.48. The Balaban J connectivity index is 1.32. The molecule has 0 saturated carbocycles. The maximum atomic E-state index is 12.7. The number of anilines is 1. The van der Waals surface area contributed by atoms with Crippen LogP contribution in [0.4, 0.5) is 10.5 Å². The molecule has 156 valence electrons. The van der Waals surface area contributed by atoms with E-state index in [4.69, 9.17) is 16.4 Å². The highest BCUT2D eigenvalue weighted by atomic mass is 35.5. The molecule has 1 atom stereocenters. The van der Waals surface area contributed by atoms with Crippen molar-refractivity contribution in [1.82, 2.24) is 15.2 Å². The molecule has 1 aromatic heterocycles. The summed E-state index contributed by atoms with van der Waals surface area (Å²) in [6, 6.07) is 10.4. The molecule has 2 N–H and O–H groups in total. The Morgan fingerprint density at radius 1 is 1.17 bits per heavy atom. The van der Waals surface area contributed by atoms with Crippen molar-refractivity contribution in [3.8, 4) is 0 Å². The molecular weight excluding hydrogens is 406 g/mol. The number of carbonyl (C=O) groups excluding carboxylic acids is 2. The summed E-state index contributed by atoms with van der Waals surface area (Å²) in [5.74, 6) is -0.258. The predicted molar refractivity (Wildman–Crippen MR) is 113 cm³/mol. The van der Waals surface area contributed by atoms with E-state index in [2.05, 4.69) is 20.8 Å². The first kappa shape index (κ1) is 20.2. The van der Waals surface area contributed by atoms with E-state index in [0.29, 0.717) is 42.5 Å². The molecule has 1 aromatic carbocycles. The molecule has 30 heavy (non-hydrogen) atoms. The lowest BCUT2D eigenvalue weighted by Crippen LogP contribution is -2.52. The smallest absolute Gasteiger partial charge is 0.321 e. The van der Waals surface area contributed by atoms with Crippen LogP contribution < -0.4 is 10.6 Å². The SMILES string of the molecule is O=C(NCc1ccncc1)C1=NO[C@@]2(CCCN(C(=O)Nc3ccc(Cl)cc3)C2)C1. The summed E-state index contributed by atoms with van der Waals surface area (Å²) in [6.45, 7) is 1.38. The van der Waals surface area contributed by atoms with Crippen LogP contribution in [0.5, 0.6) is 0 Å². The molecular formula is C21H22ClN5O3. The first-order valence-corrected chi connectivity index (χ1v) is 10.1. The minimum atomic E-state index is -0.654. The van der Waals surface area contributed by atoms with E-state index in [-0.39, 0.29) is 11.9 Å². The van der Waals surface area contributed by atoms with Crippen molar-refractivity contribution < 1.29 is 14.4 Å². The number of pyridine rings is 1. The van der Waals surface area contributed by atoms with Gasteiger partial charge in [-0.15, -0.1) is 0 Å². The molecule has 0 aliphatic carbocycles. The molecule has 2 aliphatic rings. The third-order valence-electron chi connectivity index (χ3n) is 5.23. The van der Waals surface area contributed by atoms with Crippen molar-refractivity contribution in [2.75, 3.05) is 18.4 Å². The van der Waals surface area contributed by atoms with Crippen LogP contribution in [-0.2, 0) is 16.2 Å². The van der Waals surface area contributed by atoms with Gasteiger partial charge in [0.05, 0.1) is 6.54 Å². The van der Waals surface area contributed by atoms with Crippen molar-refractivity contribution in [3.05, 3.63) is 59.4 Å². The summed E-state index contributed by atoms with van der Waals surface area (Å²) in [6.07, 6.45) is 5.24. The summed E-state index contributed by atoms with van der Waals surface area (Å²) in [5.41, 5.74) is 1.32. The lowest BCUT2D eigenvalue weighted by molar-refractivity contribution is -0.115. The zero-order chi connectivity index (χ0) is 21.0. The minimum Gasteiger partial charge on any atom is -0.386 e. The van der Waals surface area contributed by atoms with Crippen LogP contribution in [0.3, 0.4) is 0 Å². The standard InChI is InChI=1S/C21H22ClN5O3/c22-16-2-4-17(5-3-16)25-20(29)27-11-1-8-21(14-27)12-18(26-30-21)19(28)24-13-15-6-9-23-10-7-15/h2-7,9-10H,1,8,11-14H2,(H,24,28)(H,25,29)/t21-/m0/s1. The highest BCUT2D eigenvalue weighted by molar-refractivity contribution is 6.39. The number of oxime groups is 1. The van der Waals surface area contributed by atoms with Gasteiger partial charge in [0, 0.05) is 42.6 Å². The number of amides is 3. The first-order valence-electron chi connectivity index (χ1n) is 9.77. The van der Waals surface area contributed by atoms with Crippen molar-refractivity contribution in [1.29, 1.82) is 0 Å². The molecule has 8 nitrogen and oxygen atoms in total. The second-order valence-electron chi connectivity index (χ2n) is 7.49. The molecule has 1 spiro atoms. The van der Waals surface area contributed by atoms with Gasteiger partial charge in [-0.3, -0.25) is 9.78 Å². The van der Waals surface area contributed by atoms with Crippen molar-refractivity contribution >= 4 is 34.9 Å². The van der Waals surface area contributed by atoms with Gasteiger partial charge in [-0.05, 0) is 54.8 Å². The number of aromatic nitrogens is 1. The summed E-state index contributed by atoms with van der Waals surface area (Å²) >= 11 is 5.89. The Morgan fingerprint density at radius 2 is 1.93 bits per heavy atom. The van der Waals surface area contributed by atoms with E-state index >= 15 is 0 Å². The summed E-state index contributed by atoms with van der Waals surface area (Å²) in [5, 5.41) is 10.4. The van der Waals surface area contributed by atoms with Gasteiger partial charge < -0.3 is 20.4 Å². The van der Waals surface area contributed by atoms with Crippen molar-refractivity contribution in [3.63, 3.8) is 0 Å². The average molecular weight is 428 g/mol. The van der Waals surface area contributed by atoms with E-state index in [1.807, 2.05) is 12.1 Å². The maximum Gasteiger partial charge on any atom is 0.321 e. The maximum absolute atomic E-state index is 12.7. The van der Waals surface area contributed by atoms with Crippen LogP contribution in [0.25, 0.3) is 0 Å². The van der Waals surface area contributed by atoms with Crippen LogP contribution in [0, 0.1) is 0 Å². The summed E-state index contributed by atoms with van der Waals surface area (Å²) < 4.78 is 0. The van der Waals surface area contributed by atoms with Crippen LogP contribution >= 0.6 is 11.6 Å². The number of rotatable bonds is 4. The molecule has 4 rings (SSSR count). The second-order valence-corrected chi connectivity index (χ2v) is 7.93. The molecule has 1 saturated heterocycles. The van der Waals surface area contributed by atoms with Gasteiger partial charge >= 0.3 is 6.03 Å². The fraction of sp³-hybridized carbons (Fsp3) is 0.333. The fourth-order valence-corrected chi connectivity index (χ4v) is 3.78. The number of likely N-dealkylation sites (tertiary alicyclic amines) is 1. The number of urea groups is 1. The lowest BCUT2D eigenvalue weighted by atomic mass is 9.88. The molecule has 2 aliphatic heterocycles. The van der Waals surface area contributed by atoms with Crippen molar-refractivity contribution in [2.24, 2.45) is 5.16 Å². The van der Waals surface area contributed by atoms with E-state index < -0.39 is 5.60 Å². The molecule has 0 radical (unpaired) electrons. The van der Waals surface area contributed by atoms with Gasteiger partial charge in [-0.2, -0.15) is 0 Å². The first-order chi connectivity index (χ1) is 14.5. The monoisotopic (exact) mass is 427 g/mol. The lowest BCUT2D eigenvalue weighted by Gasteiger charge is -2.38. The molecule has 9 heteroatoms. The van der Waals surface area contributed by atoms with E-state index in [9.17, 15) is 9.59 Å². The molecule has 3 amide bonds. The quantitative estimate of drug-likeness (QED) is 0.783. The minimum absolute atomic E-state index is 0.212. The molecule has 0 bridgehead atoms. The van der Waals surface area contributed by atoms with Gasteiger partial charge in [-0.1, -0.05) is 16.8 Å². The van der Waals surface area contributed by atoms with Gasteiger partial charge in [0.1, 0.15) is 5.71 Å². The Hall–Kier alpha value is -3.13. The number of nitrogens with one attached hydrogen (secondary N) is 2. The Morgan fingerprint density at radius 3 is 2.70 bits per heavy atom. The highest BCUT2D eigenvalue weighted by Gasteiger charge is 2.45. The Labute approximate surface area is 179 Å². The normalized spacial score (nSPS) is 20.4. The largest absolute Gasteiger partial charge is 0.386 e. The number of nitrogens with zero attached hydrogens (tertiary/aromatic N) is 3. The van der Waals surface area contributed by atoms with Gasteiger partial charge in [0.15, 0.2) is 5.60 Å². The molecule has 3 heterocycles. The number of hydrogen-bond donors (Lipinski definition) is 2. The molecule has 2 aromatic rings. The van der Waals surface area contributed by atoms with Gasteiger partial charge in [0.2, 0.25) is 0 Å². The average Bonchev–Trinajstić information content (AvgIpc) is 3.17. The van der Waals surface area contributed by atoms with Crippen molar-refractivity contribution in [2.45, 2.75) is 31.4 Å².